The lowest BCUT2D eigenvalue weighted by Gasteiger charge is -2.21. The van der Waals surface area contributed by atoms with Crippen molar-refractivity contribution in [1.82, 2.24) is 0 Å². The third-order valence-corrected chi connectivity index (χ3v) is 20.6. The number of esters is 4. The van der Waals surface area contributed by atoms with Gasteiger partial charge in [0.2, 0.25) is 0 Å². The van der Waals surface area contributed by atoms with Gasteiger partial charge in [-0.2, -0.15) is 0 Å². The normalized spacial score (nSPS) is 13.9. The van der Waals surface area contributed by atoms with Crippen molar-refractivity contribution >= 4 is 39.5 Å². The average Bonchev–Trinajstić information content (AvgIpc) is 1.23. The highest BCUT2D eigenvalue weighted by atomic mass is 31.2. The summed E-state index contributed by atoms with van der Waals surface area (Å²) in [6.45, 7) is 9.67. The molecule has 0 saturated carbocycles. The number of hydrogen-bond donors (Lipinski definition) is 3. The highest BCUT2D eigenvalue weighted by Crippen LogP contribution is 2.45. The Morgan fingerprint density at radius 1 is 0.273 bits per heavy atom. The first-order chi connectivity index (χ1) is 47.9. The fourth-order valence-corrected chi connectivity index (χ4v) is 13.9. The van der Waals surface area contributed by atoms with Gasteiger partial charge in [0.1, 0.15) is 19.3 Å². The minimum Gasteiger partial charge on any atom is -0.462 e. The number of rotatable bonds is 79. The minimum atomic E-state index is -4.96. The number of ether oxygens (including phenoxy) is 4. The quantitative estimate of drug-likeness (QED) is 0.0222. The van der Waals surface area contributed by atoms with Crippen molar-refractivity contribution in [3.05, 3.63) is 0 Å². The van der Waals surface area contributed by atoms with Gasteiger partial charge < -0.3 is 33.8 Å². The molecule has 99 heavy (non-hydrogen) atoms. The topological polar surface area (TPSA) is 237 Å². The highest BCUT2D eigenvalue weighted by molar-refractivity contribution is 7.47. The molecule has 0 amide bonds. The zero-order valence-corrected chi connectivity index (χ0v) is 66.6. The van der Waals surface area contributed by atoms with Gasteiger partial charge in [-0.3, -0.25) is 37.3 Å². The summed E-state index contributed by atoms with van der Waals surface area (Å²) in [4.78, 5) is 73.0. The third kappa shape index (κ3) is 74.1. The number of carbonyl (C=O) groups excluding carboxylic acids is 4. The van der Waals surface area contributed by atoms with Crippen LogP contribution in [0.15, 0.2) is 0 Å². The van der Waals surface area contributed by atoms with Crippen LogP contribution >= 0.6 is 15.6 Å². The lowest BCUT2D eigenvalue weighted by Crippen LogP contribution is -2.30. The summed E-state index contributed by atoms with van der Waals surface area (Å²) in [6.07, 6.45) is 60.8. The molecule has 0 spiro atoms. The molecule has 2 unspecified atom stereocenters. The number of phosphoric ester groups is 2. The van der Waals surface area contributed by atoms with E-state index in [1.807, 2.05) is 0 Å². The molecule has 0 saturated heterocycles. The molecule has 0 fully saturated rings. The van der Waals surface area contributed by atoms with Gasteiger partial charge in [-0.15, -0.1) is 0 Å². The van der Waals surface area contributed by atoms with Crippen LogP contribution in [0.2, 0.25) is 0 Å². The Morgan fingerprint density at radius 2 is 0.465 bits per heavy atom. The van der Waals surface area contributed by atoms with E-state index in [4.69, 9.17) is 37.0 Å². The standard InChI is InChI=1S/C80H156O17P2/c1-7-9-11-13-15-17-19-21-26-34-40-46-52-58-64-79(84)96-75(68-90-77(82)62-56-50-44-38-32-24-20-18-16-14-12-10-8-2)70-94-98(86,87)92-66-74(81)67-93-99(88,89)95-71-76(69-91-78(83)63-57-51-45-39-33-29-28-31-37-43-49-55-61-73(5)6)97-80(85)65-59-53-47-41-35-27-23-22-25-30-36-42-48-54-60-72(3)4/h72-76,81H,7-71H2,1-6H3,(H,86,87)(H,88,89)/t74-,75+,76+/m0/s1. The van der Waals surface area contributed by atoms with Crippen molar-refractivity contribution in [3.63, 3.8) is 0 Å². The molecule has 17 nitrogen and oxygen atoms in total. The first-order valence-corrected chi connectivity index (χ1v) is 44.5. The Hall–Kier alpha value is -1.94. The highest BCUT2D eigenvalue weighted by Gasteiger charge is 2.30. The van der Waals surface area contributed by atoms with Crippen molar-refractivity contribution in [2.75, 3.05) is 39.6 Å². The molecule has 0 aliphatic heterocycles. The number of aliphatic hydroxyl groups excluding tert-OH is 1. The van der Waals surface area contributed by atoms with Gasteiger partial charge in [0, 0.05) is 25.7 Å². The first-order valence-electron chi connectivity index (χ1n) is 41.5. The SMILES string of the molecule is CCCCCCCCCCCCCCCCC(=O)O[C@H](COC(=O)CCCCCCCCCCCCCCC)COP(=O)(O)OC[C@H](O)COP(=O)(O)OC[C@@H](COC(=O)CCCCCCCCCCCCCCC(C)C)OC(=O)CCCCCCCCCCCCCCCCC(C)C. The molecule has 588 valence electrons. The zero-order valence-electron chi connectivity index (χ0n) is 64.8. The molecule has 0 aromatic heterocycles. The van der Waals surface area contributed by atoms with Crippen LogP contribution in [0.25, 0.3) is 0 Å². The van der Waals surface area contributed by atoms with Gasteiger partial charge in [0.15, 0.2) is 12.2 Å². The fourth-order valence-electron chi connectivity index (χ4n) is 12.4. The second kappa shape index (κ2) is 71.7. The van der Waals surface area contributed by atoms with Gasteiger partial charge in [0.05, 0.1) is 26.4 Å². The van der Waals surface area contributed by atoms with Gasteiger partial charge in [-0.05, 0) is 37.5 Å². The lowest BCUT2D eigenvalue weighted by molar-refractivity contribution is -0.161. The van der Waals surface area contributed by atoms with Gasteiger partial charge in [-0.25, -0.2) is 9.13 Å². The summed E-state index contributed by atoms with van der Waals surface area (Å²) < 4.78 is 68.7. The molecular weight excluding hydrogens is 1290 g/mol. The van der Waals surface area contributed by atoms with E-state index < -0.39 is 97.5 Å². The van der Waals surface area contributed by atoms with Crippen LogP contribution in [0.5, 0.6) is 0 Å². The van der Waals surface area contributed by atoms with E-state index in [1.54, 1.807) is 0 Å². The van der Waals surface area contributed by atoms with E-state index in [2.05, 4.69) is 41.5 Å². The largest absolute Gasteiger partial charge is 0.472 e. The molecule has 0 aromatic carbocycles. The first kappa shape index (κ1) is 97.1. The van der Waals surface area contributed by atoms with E-state index in [-0.39, 0.29) is 25.7 Å². The summed E-state index contributed by atoms with van der Waals surface area (Å²) in [6, 6.07) is 0. The van der Waals surface area contributed by atoms with Crippen molar-refractivity contribution in [2.45, 2.75) is 439 Å². The van der Waals surface area contributed by atoms with Crippen molar-refractivity contribution in [1.29, 1.82) is 0 Å². The van der Waals surface area contributed by atoms with E-state index in [1.165, 1.54) is 238 Å². The Bertz CT molecular complexity index is 1910. The maximum absolute atomic E-state index is 13.1. The van der Waals surface area contributed by atoms with Crippen molar-refractivity contribution in [3.8, 4) is 0 Å². The molecule has 0 aromatic rings. The molecule has 0 heterocycles. The average molecular weight is 1450 g/mol. The molecular formula is C80H156O17P2. The molecule has 19 heteroatoms. The molecule has 3 N–H and O–H groups in total. The Kier molecular flexibility index (Phi) is 70.3. The minimum absolute atomic E-state index is 0.108. The Labute approximate surface area is 607 Å². The van der Waals surface area contributed by atoms with Crippen molar-refractivity contribution in [2.24, 2.45) is 11.8 Å². The Morgan fingerprint density at radius 3 is 0.687 bits per heavy atom. The summed E-state index contributed by atoms with van der Waals surface area (Å²) in [5.74, 6) is -0.529. The molecule has 0 aliphatic rings. The third-order valence-electron chi connectivity index (χ3n) is 18.7. The van der Waals surface area contributed by atoms with Crippen LogP contribution < -0.4 is 0 Å². The molecule has 0 bridgehead atoms. The van der Waals surface area contributed by atoms with Crippen LogP contribution in [0, 0.1) is 11.8 Å². The predicted molar refractivity (Wildman–Crippen MR) is 405 cm³/mol. The maximum atomic E-state index is 13.1. The number of hydrogen-bond acceptors (Lipinski definition) is 15. The molecule has 0 rings (SSSR count). The van der Waals surface area contributed by atoms with E-state index in [0.717, 1.165) is 102 Å². The summed E-state index contributed by atoms with van der Waals surface area (Å²) >= 11 is 0. The van der Waals surface area contributed by atoms with Crippen LogP contribution in [0.4, 0.5) is 0 Å². The summed E-state index contributed by atoms with van der Waals surface area (Å²) in [7, 11) is -9.92. The number of carbonyl (C=O) groups is 4. The van der Waals surface area contributed by atoms with E-state index in [9.17, 15) is 43.2 Å². The molecule has 0 radical (unpaired) electrons. The Balaban J connectivity index is 5.27. The maximum Gasteiger partial charge on any atom is 0.472 e. The number of aliphatic hydroxyl groups is 1. The fraction of sp³-hybridized carbons (Fsp3) is 0.950. The van der Waals surface area contributed by atoms with Gasteiger partial charge >= 0.3 is 39.5 Å². The molecule has 0 aliphatic carbocycles. The van der Waals surface area contributed by atoms with Crippen molar-refractivity contribution < 1.29 is 80.2 Å². The summed E-state index contributed by atoms with van der Waals surface area (Å²) in [5, 5.41) is 10.6. The smallest absolute Gasteiger partial charge is 0.462 e. The summed E-state index contributed by atoms with van der Waals surface area (Å²) in [5.41, 5.74) is 0. The zero-order chi connectivity index (χ0) is 72.8. The van der Waals surface area contributed by atoms with E-state index >= 15 is 0 Å². The van der Waals surface area contributed by atoms with Crippen LogP contribution in [0.3, 0.4) is 0 Å². The lowest BCUT2D eigenvalue weighted by atomic mass is 10.0. The second-order valence-corrected chi connectivity index (χ2v) is 32.7. The monoisotopic (exact) mass is 1450 g/mol. The predicted octanol–water partition coefficient (Wildman–Crippen LogP) is 23.9. The van der Waals surface area contributed by atoms with Crippen LogP contribution in [0.1, 0.15) is 420 Å². The second-order valence-electron chi connectivity index (χ2n) is 29.8. The van der Waals surface area contributed by atoms with Crippen LogP contribution in [-0.2, 0) is 65.4 Å². The van der Waals surface area contributed by atoms with Gasteiger partial charge in [-0.1, -0.05) is 369 Å². The van der Waals surface area contributed by atoms with Crippen LogP contribution in [-0.4, -0.2) is 96.7 Å². The molecule has 5 atom stereocenters. The van der Waals surface area contributed by atoms with E-state index in [0.29, 0.717) is 25.7 Å². The van der Waals surface area contributed by atoms with Gasteiger partial charge in [0.25, 0.3) is 0 Å². The number of unbranched alkanes of at least 4 members (excludes halogenated alkanes) is 49. The number of phosphoric acid groups is 2.